The summed E-state index contributed by atoms with van der Waals surface area (Å²) >= 11 is 0. The second-order valence-electron chi connectivity index (χ2n) is 5.96. The highest BCUT2D eigenvalue weighted by molar-refractivity contribution is 5.45. The smallest absolute Gasteiger partial charge is 0.128 e. The molecular formula is C14H19F2N. The Morgan fingerprint density at radius 3 is 2.18 bits per heavy atom. The van der Waals surface area contributed by atoms with Crippen molar-refractivity contribution in [2.75, 3.05) is 5.32 Å². The molecule has 0 radical (unpaired) electrons. The predicted molar refractivity (Wildman–Crippen MR) is 65.9 cm³/mol. The average Bonchev–Trinajstić information content (AvgIpc) is 2.37. The molecule has 0 heterocycles. The van der Waals surface area contributed by atoms with Crippen LogP contribution in [-0.2, 0) is 0 Å². The average molecular weight is 239 g/mol. The van der Waals surface area contributed by atoms with Crippen LogP contribution in [0.25, 0.3) is 0 Å². The third-order valence-corrected chi connectivity index (χ3v) is 3.55. The number of benzene rings is 1. The zero-order valence-corrected chi connectivity index (χ0v) is 10.6. The van der Waals surface area contributed by atoms with E-state index in [1.165, 1.54) is 12.1 Å². The molecule has 17 heavy (non-hydrogen) atoms. The van der Waals surface area contributed by atoms with Crippen LogP contribution in [0.15, 0.2) is 18.2 Å². The summed E-state index contributed by atoms with van der Waals surface area (Å²) in [5.41, 5.74) is 0.847. The minimum atomic E-state index is -0.530. The molecule has 1 saturated carbocycles. The summed E-state index contributed by atoms with van der Waals surface area (Å²) in [5, 5.41) is 3.25. The van der Waals surface area contributed by atoms with Gasteiger partial charge in [-0.3, -0.25) is 0 Å². The van der Waals surface area contributed by atoms with Crippen molar-refractivity contribution in [3.63, 3.8) is 0 Å². The summed E-state index contributed by atoms with van der Waals surface area (Å²) in [6.07, 6.45) is 2.18. The van der Waals surface area contributed by atoms with Crippen LogP contribution in [0.1, 0.15) is 33.6 Å². The Hall–Kier alpha value is -1.12. The van der Waals surface area contributed by atoms with Gasteiger partial charge >= 0.3 is 0 Å². The topological polar surface area (TPSA) is 12.0 Å². The van der Waals surface area contributed by atoms with Crippen molar-refractivity contribution >= 4 is 5.69 Å². The second-order valence-corrected chi connectivity index (χ2v) is 5.96. The van der Waals surface area contributed by atoms with Crippen molar-refractivity contribution in [2.45, 2.75) is 39.7 Å². The third kappa shape index (κ3) is 2.96. The lowest BCUT2D eigenvalue weighted by molar-refractivity contribution is 0.366. The number of halogens is 2. The summed E-state index contributed by atoms with van der Waals surface area (Å²) < 4.78 is 26.1. The maximum absolute atomic E-state index is 13.1. The normalized spacial score (nSPS) is 27.1. The van der Waals surface area contributed by atoms with Crippen molar-refractivity contribution in [2.24, 2.45) is 11.3 Å². The molecular weight excluding hydrogens is 220 g/mol. The van der Waals surface area contributed by atoms with Crippen LogP contribution in [0.4, 0.5) is 14.5 Å². The summed E-state index contributed by atoms with van der Waals surface area (Å²) in [6, 6.07) is 3.89. The Labute approximate surface area is 101 Å². The molecule has 1 nitrogen and oxygen atoms in total. The van der Waals surface area contributed by atoms with E-state index < -0.39 is 11.6 Å². The minimum absolute atomic E-state index is 0.297. The lowest BCUT2D eigenvalue weighted by Crippen LogP contribution is -2.22. The van der Waals surface area contributed by atoms with Crippen molar-refractivity contribution in [3.05, 3.63) is 29.8 Å². The van der Waals surface area contributed by atoms with Gasteiger partial charge in [0, 0.05) is 17.8 Å². The van der Waals surface area contributed by atoms with E-state index in [2.05, 4.69) is 26.1 Å². The SMILES string of the molecule is CC1CC(C)(C)CC1Nc1cc(F)cc(F)c1. The standard InChI is InChI=1S/C14H19F2N/c1-9-7-14(2,3)8-13(9)17-12-5-10(15)4-11(16)6-12/h4-6,9,13,17H,7-8H2,1-3H3. The van der Waals surface area contributed by atoms with E-state index in [1.54, 1.807) is 0 Å². The molecule has 1 aliphatic rings. The van der Waals surface area contributed by atoms with E-state index in [1.807, 2.05) is 0 Å². The zero-order valence-electron chi connectivity index (χ0n) is 10.6. The van der Waals surface area contributed by atoms with Gasteiger partial charge in [-0.05, 0) is 36.3 Å². The van der Waals surface area contributed by atoms with Gasteiger partial charge in [0.05, 0.1) is 0 Å². The Morgan fingerprint density at radius 1 is 1.12 bits per heavy atom. The monoisotopic (exact) mass is 239 g/mol. The molecule has 0 aliphatic heterocycles. The van der Waals surface area contributed by atoms with Crippen LogP contribution in [-0.4, -0.2) is 6.04 Å². The van der Waals surface area contributed by atoms with Crippen LogP contribution in [0.2, 0.25) is 0 Å². The quantitative estimate of drug-likeness (QED) is 0.815. The van der Waals surface area contributed by atoms with E-state index in [4.69, 9.17) is 0 Å². The highest BCUT2D eigenvalue weighted by Crippen LogP contribution is 2.42. The van der Waals surface area contributed by atoms with Gasteiger partial charge in [-0.2, -0.15) is 0 Å². The highest BCUT2D eigenvalue weighted by Gasteiger charge is 2.36. The highest BCUT2D eigenvalue weighted by atomic mass is 19.1. The lowest BCUT2D eigenvalue weighted by atomic mass is 9.91. The van der Waals surface area contributed by atoms with Gasteiger partial charge in [0.2, 0.25) is 0 Å². The van der Waals surface area contributed by atoms with Crippen LogP contribution in [0.3, 0.4) is 0 Å². The van der Waals surface area contributed by atoms with Crippen LogP contribution < -0.4 is 5.32 Å². The molecule has 1 aliphatic carbocycles. The maximum atomic E-state index is 13.1. The van der Waals surface area contributed by atoms with E-state index >= 15 is 0 Å². The fourth-order valence-electron chi connectivity index (χ4n) is 2.94. The number of hydrogen-bond donors (Lipinski definition) is 1. The third-order valence-electron chi connectivity index (χ3n) is 3.55. The first-order chi connectivity index (χ1) is 7.85. The molecule has 2 rings (SSSR count). The van der Waals surface area contributed by atoms with Gasteiger partial charge in [-0.1, -0.05) is 20.8 Å². The van der Waals surface area contributed by atoms with Crippen LogP contribution in [0, 0.1) is 23.0 Å². The molecule has 1 aromatic carbocycles. The molecule has 2 unspecified atom stereocenters. The Bertz CT molecular complexity index is 394. The summed E-state index contributed by atoms with van der Waals surface area (Å²) in [7, 11) is 0. The number of nitrogens with one attached hydrogen (secondary N) is 1. The van der Waals surface area contributed by atoms with Crippen LogP contribution >= 0.6 is 0 Å². The predicted octanol–water partition coefficient (Wildman–Crippen LogP) is 4.20. The number of rotatable bonds is 2. The molecule has 1 aromatic rings. The van der Waals surface area contributed by atoms with Crippen molar-refractivity contribution in [1.82, 2.24) is 0 Å². The van der Waals surface area contributed by atoms with Gasteiger partial charge in [0.15, 0.2) is 0 Å². The Balaban J connectivity index is 2.11. The van der Waals surface area contributed by atoms with E-state index in [-0.39, 0.29) is 0 Å². The van der Waals surface area contributed by atoms with E-state index in [0.29, 0.717) is 23.1 Å². The summed E-state index contributed by atoms with van der Waals surface area (Å²) in [6.45, 7) is 6.65. The van der Waals surface area contributed by atoms with Crippen LogP contribution in [0.5, 0.6) is 0 Å². The molecule has 3 heteroatoms. The van der Waals surface area contributed by atoms with Gasteiger partial charge in [-0.25, -0.2) is 8.78 Å². The molecule has 1 fully saturated rings. The zero-order chi connectivity index (χ0) is 12.6. The Morgan fingerprint density at radius 2 is 1.71 bits per heavy atom. The molecule has 0 spiro atoms. The van der Waals surface area contributed by atoms with E-state index in [0.717, 1.165) is 18.9 Å². The molecule has 0 bridgehead atoms. The van der Waals surface area contributed by atoms with Crippen molar-refractivity contribution < 1.29 is 8.78 Å². The number of hydrogen-bond acceptors (Lipinski definition) is 1. The first kappa shape index (κ1) is 12.3. The fourth-order valence-corrected chi connectivity index (χ4v) is 2.94. The van der Waals surface area contributed by atoms with Gasteiger partial charge in [0.25, 0.3) is 0 Å². The Kier molecular flexibility index (Phi) is 3.11. The maximum Gasteiger partial charge on any atom is 0.128 e. The van der Waals surface area contributed by atoms with E-state index in [9.17, 15) is 8.78 Å². The van der Waals surface area contributed by atoms with Crippen molar-refractivity contribution in [3.8, 4) is 0 Å². The minimum Gasteiger partial charge on any atom is -0.382 e. The summed E-state index contributed by atoms with van der Waals surface area (Å²) in [4.78, 5) is 0. The molecule has 1 N–H and O–H groups in total. The lowest BCUT2D eigenvalue weighted by Gasteiger charge is -2.19. The van der Waals surface area contributed by atoms with Gasteiger partial charge < -0.3 is 5.32 Å². The molecule has 0 saturated heterocycles. The van der Waals surface area contributed by atoms with Gasteiger partial charge in [0.1, 0.15) is 11.6 Å². The molecule has 0 aromatic heterocycles. The second kappa shape index (κ2) is 4.28. The van der Waals surface area contributed by atoms with Gasteiger partial charge in [-0.15, -0.1) is 0 Å². The largest absolute Gasteiger partial charge is 0.382 e. The first-order valence-electron chi connectivity index (χ1n) is 6.08. The fraction of sp³-hybridized carbons (Fsp3) is 0.571. The molecule has 94 valence electrons. The number of anilines is 1. The molecule has 0 amide bonds. The first-order valence-corrected chi connectivity index (χ1v) is 6.08. The van der Waals surface area contributed by atoms with Crippen molar-refractivity contribution in [1.29, 1.82) is 0 Å². The molecule has 2 atom stereocenters. The summed E-state index contributed by atoms with van der Waals surface area (Å²) in [5.74, 6) is -0.536.